The predicted octanol–water partition coefficient (Wildman–Crippen LogP) is 2.00. The Bertz CT molecular complexity index is 675. The first kappa shape index (κ1) is 18.8. The third-order valence-electron chi connectivity index (χ3n) is 5.29. The number of urea groups is 1. The maximum absolute atomic E-state index is 12.4. The van der Waals surface area contributed by atoms with Crippen molar-refractivity contribution in [1.29, 1.82) is 0 Å². The summed E-state index contributed by atoms with van der Waals surface area (Å²) in [6, 6.07) is 8.97. The summed E-state index contributed by atoms with van der Waals surface area (Å²) in [5, 5.41) is 8.79. The van der Waals surface area contributed by atoms with Crippen LogP contribution in [0, 0.1) is 17.8 Å². The molecule has 3 aliphatic rings. The molecule has 2 bridgehead atoms. The van der Waals surface area contributed by atoms with Crippen LogP contribution in [0.15, 0.2) is 24.3 Å². The van der Waals surface area contributed by atoms with Crippen LogP contribution in [0.5, 0.6) is 0 Å². The van der Waals surface area contributed by atoms with Gasteiger partial charge in [-0.1, -0.05) is 24.0 Å². The minimum absolute atomic E-state index is 0.107. The molecule has 1 aromatic rings. The number of aliphatic hydroxyl groups excluding tert-OH is 1. The molecule has 5 heteroatoms. The zero-order valence-electron chi connectivity index (χ0n) is 15.8. The minimum Gasteiger partial charge on any atom is -0.395 e. The average molecular weight is 355 g/mol. The van der Waals surface area contributed by atoms with Gasteiger partial charge in [0.1, 0.15) is 0 Å². The molecule has 0 aromatic heterocycles. The van der Waals surface area contributed by atoms with Crippen LogP contribution in [0.25, 0.3) is 0 Å². The van der Waals surface area contributed by atoms with Crippen molar-refractivity contribution >= 4 is 6.03 Å². The first-order chi connectivity index (χ1) is 12.6. The van der Waals surface area contributed by atoms with Crippen LogP contribution >= 0.6 is 0 Å². The standard InChI is InChI=1S/C21H29N3O2/c1-22(2)21(26)24-15-19-10-11-20(16-24)23(14-19)13-18-8-6-17(7-9-18)5-3-4-12-25/h6-9,19-20,25H,4,10-16H2,1-2H3/t19-,20-/m1/s1. The lowest BCUT2D eigenvalue weighted by Crippen LogP contribution is -2.45. The molecule has 0 aliphatic carbocycles. The van der Waals surface area contributed by atoms with Gasteiger partial charge in [-0.2, -0.15) is 0 Å². The van der Waals surface area contributed by atoms with Crippen LogP contribution in [-0.2, 0) is 6.54 Å². The van der Waals surface area contributed by atoms with Gasteiger partial charge in [0.25, 0.3) is 0 Å². The molecule has 0 unspecified atom stereocenters. The van der Waals surface area contributed by atoms with Gasteiger partial charge in [-0.05, 0) is 36.5 Å². The normalized spacial score (nSPS) is 22.5. The molecule has 0 spiro atoms. The number of aliphatic hydroxyl groups is 1. The largest absolute Gasteiger partial charge is 0.395 e. The van der Waals surface area contributed by atoms with Crippen molar-refractivity contribution in [2.24, 2.45) is 5.92 Å². The van der Waals surface area contributed by atoms with Crippen LogP contribution in [0.2, 0.25) is 0 Å². The van der Waals surface area contributed by atoms with Crippen molar-refractivity contribution < 1.29 is 9.90 Å². The Morgan fingerprint density at radius 2 is 1.96 bits per heavy atom. The third-order valence-corrected chi connectivity index (χ3v) is 5.29. The summed E-state index contributed by atoms with van der Waals surface area (Å²) in [7, 11) is 3.66. The number of rotatable bonds is 3. The highest BCUT2D eigenvalue weighted by molar-refractivity contribution is 5.74. The molecule has 1 aromatic carbocycles. The monoisotopic (exact) mass is 355 g/mol. The quantitative estimate of drug-likeness (QED) is 0.844. The first-order valence-electron chi connectivity index (χ1n) is 9.45. The van der Waals surface area contributed by atoms with Gasteiger partial charge in [0.2, 0.25) is 0 Å². The van der Waals surface area contributed by atoms with E-state index in [1.165, 1.54) is 18.4 Å². The second-order valence-corrected chi connectivity index (χ2v) is 7.58. The SMILES string of the molecule is CN(C)C(=O)N1C[C@@H]2CC[C@H](C1)N(Cc1ccc(C#CCCO)cc1)C2. The van der Waals surface area contributed by atoms with Gasteiger partial charge in [0.15, 0.2) is 0 Å². The van der Waals surface area contributed by atoms with Gasteiger partial charge in [-0.3, -0.25) is 4.90 Å². The maximum atomic E-state index is 12.4. The lowest BCUT2D eigenvalue weighted by Gasteiger charge is -2.36. The topological polar surface area (TPSA) is 47.0 Å². The zero-order valence-corrected chi connectivity index (χ0v) is 15.8. The number of hydrogen-bond acceptors (Lipinski definition) is 3. The van der Waals surface area contributed by atoms with E-state index in [2.05, 4.69) is 41.0 Å². The van der Waals surface area contributed by atoms with E-state index in [0.29, 0.717) is 18.4 Å². The number of fused-ring (bicyclic) bond motifs is 4. The summed E-state index contributed by atoms with van der Waals surface area (Å²) in [5.41, 5.74) is 2.28. The fraction of sp³-hybridized carbons (Fsp3) is 0.571. The molecule has 4 rings (SSSR count). The van der Waals surface area contributed by atoms with Gasteiger partial charge >= 0.3 is 6.03 Å². The summed E-state index contributed by atoms with van der Waals surface area (Å²) in [6.45, 7) is 3.81. The molecule has 5 nitrogen and oxygen atoms in total. The van der Waals surface area contributed by atoms with E-state index in [1.807, 2.05) is 19.0 Å². The van der Waals surface area contributed by atoms with Crippen molar-refractivity contribution in [3.8, 4) is 11.8 Å². The van der Waals surface area contributed by atoms with Crippen molar-refractivity contribution in [3.63, 3.8) is 0 Å². The molecule has 3 fully saturated rings. The molecular formula is C21H29N3O2. The van der Waals surface area contributed by atoms with E-state index < -0.39 is 0 Å². The Balaban J connectivity index is 1.64. The molecule has 2 atom stereocenters. The third kappa shape index (κ3) is 4.57. The molecule has 3 saturated heterocycles. The van der Waals surface area contributed by atoms with E-state index in [0.717, 1.165) is 31.7 Å². The van der Waals surface area contributed by atoms with Crippen molar-refractivity contribution in [2.45, 2.75) is 31.8 Å². The minimum atomic E-state index is 0.107. The predicted molar refractivity (Wildman–Crippen MR) is 103 cm³/mol. The summed E-state index contributed by atoms with van der Waals surface area (Å²) in [5.74, 6) is 6.60. The Hall–Kier alpha value is -2.03. The van der Waals surface area contributed by atoms with Gasteiger partial charge in [0, 0.05) is 58.3 Å². The zero-order chi connectivity index (χ0) is 18.5. The van der Waals surface area contributed by atoms with E-state index in [9.17, 15) is 4.79 Å². The number of amides is 2. The summed E-state index contributed by atoms with van der Waals surface area (Å²) in [6.07, 6.45) is 2.91. The second kappa shape index (κ2) is 8.57. The van der Waals surface area contributed by atoms with E-state index in [1.54, 1.807) is 4.90 Å². The molecule has 26 heavy (non-hydrogen) atoms. The van der Waals surface area contributed by atoms with Crippen molar-refractivity contribution in [3.05, 3.63) is 35.4 Å². The van der Waals surface area contributed by atoms with Crippen molar-refractivity contribution in [1.82, 2.24) is 14.7 Å². The fourth-order valence-corrected chi connectivity index (χ4v) is 3.96. The van der Waals surface area contributed by atoms with E-state index in [4.69, 9.17) is 5.11 Å². The highest BCUT2D eigenvalue weighted by Gasteiger charge is 2.36. The number of benzene rings is 1. The van der Waals surface area contributed by atoms with Crippen molar-refractivity contribution in [2.75, 3.05) is 40.3 Å². The molecule has 0 radical (unpaired) electrons. The lowest BCUT2D eigenvalue weighted by molar-refractivity contribution is 0.123. The smallest absolute Gasteiger partial charge is 0.319 e. The van der Waals surface area contributed by atoms with Gasteiger partial charge in [0.05, 0.1) is 6.61 Å². The fourth-order valence-electron chi connectivity index (χ4n) is 3.96. The van der Waals surface area contributed by atoms with E-state index in [-0.39, 0.29) is 12.6 Å². The Kier molecular flexibility index (Phi) is 6.18. The molecule has 2 amide bonds. The molecule has 1 N–H and O–H groups in total. The van der Waals surface area contributed by atoms with Crippen LogP contribution in [0.1, 0.15) is 30.4 Å². The first-order valence-corrected chi connectivity index (χ1v) is 9.45. The van der Waals surface area contributed by atoms with Gasteiger partial charge in [-0.15, -0.1) is 0 Å². The highest BCUT2D eigenvalue weighted by Crippen LogP contribution is 2.29. The highest BCUT2D eigenvalue weighted by atomic mass is 16.2. The molecular weight excluding hydrogens is 326 g/mol. The molecule has 140 valence electrons. The lowest BCUT2D eigenvalue weighted by atomic mass is 9.94. The maximum Gasteiger partial charge on any atom is 0.319 e. The summed E-state index contributed by atoms with van der Waals surface area (Å²) >= 11 is 0. The number of nitrogens with zero attached hydrogens (tertiary/aromatic N) is 3. The summed E-state index contributed by atoms with van der Waals surface area (Å²) in [4.78, 5) is 18.6. The van der Waals surface area contributed by atoms with Gasteiger partial charge in [-0.25, -0.2) is 4.79 Å². The van der Waals surface area contributed by atoms with Gasteiger partial charge < -0.3 is 14.9 Å². The number of carbonyl (C=O) groups excluding carboxylic acids is 1. The molecule has 3 heterocycles. The van der Waals surface area contributed by atoms with Crippen LogP contribution in [0.4, 0.5) is 4.79 Å². The Morgan fingerprint density at radius 3 is 2.65 bits per heavy atom. The number of carbonyl (C=O) groups is 1. The second-order valence-electron chi connectivity index (χ2n) is 7.58. The van der Waals surface area contributed by atoms with Crippen LogP contribution < -0.4 is 0 Å². The van der Waals surface area contributed by atoms with Crippen LogP contribution in [-0.4, -0.2) is 72.2 Å². The van der Waals surface area contributed by atoms with Crippen LogP contribution in [0.3, 0.4) is 0 Å². The average Bonchev–Trinajstić information content (AvgIpc) is 2.94. The molecule has 0 saturated carbocycles. The summed E-state index contributed by atoms with van der Waals surface area (Å²) < 4.78 is 0. The Morgan fingerprint density at radius 1 is 1.19 bits per heavy atom. The Labute approximate surface area is 156 Å². The molecule has 3 aliphatic heterocycles. The van der Waals surface area contributed by atoms with E-state index >= 15 is 0 Å². The number of piperidine rings is 1. The number of hydrogen-bond donors (Lipinski definition) is 1.